The van der Waals surface area contributed by atoms with Gasteiger partial charge in [-0.1, -0.05) is 0 Å². The van der Waals surface area contributed by atoms with E-state index in [4.69, 9.17) is 5.73 Å². The molecular weight excluding hydrogens is 353 g/mol. The van der Waals surface area contributed by atoms with Gasteiger partial charge in [-0.2, -0.15) is 0 Å². The molecule has 20 heavy (non-hydrogen) atoms. The molecule has 0 atom stereocenters. The van der Waals surface area contributed by atoms with Gasteiger partial charge in [0.2, 0.25) is 0 Å². The zero-order valence-corrected chi connectivity index (χ0v) is 16.3. The summed E-state index contributed by atoms with van der Waals surface area (Å²) in [6.07, 6.45) is 11.5. The fourth-order valence-corrected chi connectivity index (χ4v) is 17.7. The molecule has 0 aromatic carbocycles. The summed E-state index contributed by atoms with van der Waals surface area (Å²) in [5.74, 6) is 0. The number of nitrogens with zero attached hydrogens (tertiary/aromatic N) is 2. The Hall–Kier alpha value is -0.321. The number of aromatic nitrogens is 2. The molecule has 0 aliphatic carbocycles. The first-order valence-corrected chi connectivity index (χ1v) is 15.7. The van der Waals surface area contributed by atoms with E-state index in [0.717, 1.165) is 0 Å². The number of nitrogens with two attached hydrogens (primary N) is 1. The van der Waals surface area contributed by atoms with Gasteiger partial charge in [-0.3, -0.25) is 0 Å². The third kappa shape index (κ3) is 5.23. The first kappa shape index (κ1) is 17.7. The van der Waals surface area contributed by atoms with Crippen LogP contribution in [0.5, 0.6) is 0 Å². The average Bonchev–Trinajstić information content (AvgIpc) is 2.48. The van der Waals surface area contributed by atoms with Crippen molar-refractivity contribution in [2.24, 2.45) is 0 Å². The fourth-order valence-electron chi connectivity index (χ4n) is 2.87. The van der Waals surface area contributed by atoms with Crippen molar-refractivity contribution in [3.8, 4) is 0 Å². The van der Waals surface area contributed by atoms with Gasteiger partial charge < -0.3 is 0 Å². The van der Waals surface area contributed by atoms with Crippen molar-refractivity contribution in [1.82, 2.24) is 9.97 Å². The molecule has 0 saturated carbocycles. The summed E-state index contributed by atoms with van der Waals surface area (Å²) in [6, 6.07) is 0. The molecule has 0 saturated heterocycles. The predicted octanol–water partition coefficient (Wildman–Crippen LogP) is 4.11. The minimum atomic E-state index is -2.40. The number of nitrogen functional groups attached to an aromatic ring is 1. The fraction of sp³-hybridized carbons (Fsp3) is 0.750. The zero-order chi connectivity index (χ0) is 14.8. The van der Waals surface area contributed by atoms with Gasteiger partial charge in [0.05, 0.1) is 0 Å². The van der Waals surface area contributed by atoms with Crippen molar-refractivity contribution in [3.63, 3.8) is 0 Å². The quantitative estimate of drug-likeness (QED) is 0.618. The van der Waals surface area contributed by atoms with Crippen molar-refractivity contribution >= 4 is 27.9 Å². The van der Waals surface area contributed by atoms with Crippen molar-refractivity contribution in [3.05, 3.63) is 12.4 Å². The van der Waals surface area contributed by atoms with Crippen molar-refractivity contribution < 1.29 is 0 Å². The number of hydrogen-bond donors (Lipinski definition) is 1. The molecule has 2 N–H and O–H groups in total. The molecule has 4 heteroatoms. The Labute approximate surface area is 128 Å². The molecule has 1 rings (SSSR count). The Kier molecular flexibility index (Phi) is 8.50. The maximum atomic E-state index is 5.77. The molecule has 1 aromatic rings. The summed E-state index contributed by atoms with van der Waals surface area (Å²) in [7, 11) is 0. The van der Waals surface area contributed by atoms with Gasteiger partial charge in [0.1, 0.15) is 0 Å². The van der Waals surface area contributed by atoms with Crippen LogP contribution in [-0.4, -0.2) is 28.3 Å². The second-order valence-electron chi connectivity index (χ2n) is 5.93. The molecule has 0 amide bonds. The van der Waals surface area contributed by atoms with Crippen LogP contribution in [0.25, 0.3) is 0 Å². The van der Waals surface area contributed by atoms with Crippen LogP contribution >= 0.6 is 0 Å². The number of rotatable bonds is 10. The van der Waals surface area contributed by atoms with E-state index >= 15 is 0 Å². The van der Waals surface area contributed by atoms with E-state index in [1.807, 2.05) is 12.4 Å². The second kappa shape index (κ2) is 9.59. The standard InChI is InChI=1S/C4H4N3.3C4H9.Sn/c5-4-1-6-3-7-2-4;3*1-3-4-2;/h1-2H,5H2;3*1,3-4H2,2H3;. The molecule has 1 heterocycles. The Morgan fingerprint density at radius 2 is 1.25 bits per heavy atom. The summed E-state index contributed by atoms with van der Waals surface area (Å²) in [5, 5.41) is 0. The molecule has 0 spiro atoms. The van der Waals surface area contributed by atoms with Crippen LogP contribution in [0.4, 0.5) is 5.69 Å². The van der Waals surface area contributed by atoms with Crippen LogP contribution in [-0.2, 0) is 0 Å². The third-order valence-corrected chi connectivity index (χ3v) is 18.8. The van der Waals surface area contributed by atoms with Crippen molar-refractivity contribution in [2.45, 2.75) is 72.6 Å². The Balaban J connectivity index is 3.00. The van der Waals surface area contributed by atoms with Gasteiger partial charge in [-0.15, -0.1) is 0 Å². The molecular formula is C16H31N3Sn. The van der Waals surface area contributed by atoms with Gasteiger partial charge in [-0.05, 0) is 0 Å². The molecule has 114 valence electrons. The maximum absolute atomic E-state index is 5.77. The topological polar surface area (TPSA) is 51.8 Å². The molecule has 0 fully saturated rings. The molecule has 1 aromatic heterocycles. The molecule has 0 aliphatic heterocycles. The Morgan fingerprint density at radius 3 is 1.60 bits per heavy atom. The normalized spacial score (nSPS) is 11.8. The van der Waals surface area contributed by atoms with Gasteiger partial charge in [0.15, 0.2) is 0 Å². The van der Waals surface area contributed by atoms with Gasteiger partial charge in [-0.25, -0.2) is 0 Å². The van der Waals surface area contributed by atoms with E-state index in [9.17, 15) is 0 Å². The zero-order valence-electron chi connectivity index (χ0n) is 13.5. The summed E-state index contributed by atoms with van der Waals surface area (Å²) >= 11 is -2.40. The van der Waals surface area contributed by atoms with E-state index < -0.39 is 18.4 Å². The number of hydrogen-bond acceptors (Lipinski definition) is 3. The van der Waals surface area contributed by atoms with Crippen LogP contribution in [0.3, 0.4) is 0 Å². The van der Waals surface area contributed by atoms with Crippen molar-refractivity contribution in [1.29, 1.82) is 0 Å². The van der Waals surface area contributed by atoms with Crippen LogP contribution in [0, 0.1) is 0 Å². The molecule has 0 bridgehead atoms. The van der Waals surface area contributed by atoms with E-state index in [0.29, 0.717) is 5.69 Å². The third-order valence-electron chi connectivity index (χ3n) is 4.17. The number of unbranched alkanes of at least 4 members (excludes halogenated alkanes) is 3. The van der Waals surface area contributed by atoms with Crippen LogP contribution in [0.15, 0.2) is 12.4 Å². The minimum absolute atomic E-state index is 0.690. The van der Waals surface area contributed by atoms with Crippen LogP contribution < -0.4 is 9.57 Å². The SMILES string of the molecule is CCC[CH2][Sn]([CH2]CCC)([CH2]CCC)[c]1ncc(N)cn1. The first-order chi connectivity index (χ1) is 9.68. The molecule has 0 radical (unpaired) electrons. The van der Waals surface area contributed by atoms with E-state index in [2.05, 4.69) is 30.7 Å². The summed E-state index contributed by atoms with van der Waals surface area (Å²) in [5.41, 5.74) is 6.46. The van der Waals surface area contributed by atoms with E-state index in [1.165, 1.54) is 55.7 Å². The van der Waals surface area contributed by atoms with Crippen LogP contribution in [0.2, 0.25) is 13.3 Å². The second-order valence-corrected chi connectivity index (χ2v) is 18.8. The Morgan fingerprint density at radius 1 is 0.850 bits per heavy atom. The van der Waals surface area contributed by atoms with Crippen LogP contribution in [0.1, 0.15) is 59.3 Å². The van der Waals surface area contributed by atoms with Gasteiger partial charge in [0.25, 0.3) is 0 Å². The molecule has 0 unspecified atom stereocenters. The summed E-state index contributed by atoms with van der Waals surface area (Å²) in [6.45, 7) is 6.88. The molecule has 3 nitrogen and oxygen atoms in total. The monoisotopic (exact) mass is 385 g/mol. The average molecular weight is 384 g/mol. The summed E-state index contributed by atoms with van der Waals surface area (Å²) in [4.78, 5) is 9.33. The predicted molar refractivity (Wildman–Crippen MR) is 91.0 cm³/mol. The number of anilines is 1. The van der Waals surface area contributed by atoms with Crippen molar-refractivity contribution in [2.75, 3.05) is 5.73 Å². The molecule has 0 aliphatic rings. The Bertz CT molecular complexity index is 343. The summed E-state index contributed by atoms with van der Waals surface area (Å²) < 4.78 is 5.46. The first-order valence-electron chi connectivity index (χ1n) is 8.26. The van der Waals surface area contributed by atoms with E-state index in [1.54, 1.807) is 0 Å². The van der Waals surface area contributed by atoms with E-state index in [-0.39, 0.29) is 0 Å². The van der Waals surface area contributed by atoms with Gasteiger partial charge >= 0.3 is 129 Å². The van der Waals surface area contributed by atoms with Gasteiger partial charge in [0, 0.05) is 0 Å².